The highest BCUT2D eigenvalue weighted by Crippen LogP contribution is 2.42. The topological polar surface area (TPSA) is 45.7 Å². The first-order valence-corrected chi connectivity index (χ1v) is 8.39. The summed E-state index contributed by atoms with van der Waals surface area (Å²) in [5, 5.41) is 0. The van der Waals surface area contributed by atoms with Crippen molar-refractivity contribution in [2.75, 3.05) is 26.2 Å². The Bertz CT molecular complexity index is 578. The summed E-state index contributed by atoms with van der Waals surface area (Å²) in [6.45, 7) is 3.50. The van der Waals surface area contributed by atoms with Crippen molar-refractivity contribution in [2.24, 2.45) is 0 Å². The number of carbonyl (C=O) groups is 1. The molecule has 5 nitrogen and oxygen atoms in total. The van der Waals surface area contributed by atoms with Gasteiger partial charge in [-0.1, -0.05) is 6.07 Å². The van der Waals surface area contributed by atoms with Crippen molar-refractivity contribution < 1.29 is 13.9 Å². The van der Waals surface area contributed by atoms with Crippen molar-refractivity contribution >= 4 is 5.91 Å². The van der Waals surface area contributed by atoms with Gasteiger partial charge >= 0.3 is 0 Å². The zero-order valence-corrected chi connectivity index (χ0v) is 13.2. The predicted octanol–water partition coefficient (Wildman–Crippen LogP) is 1.39. The van der Waals surface area contributed by atoms with Gasteiger partial charge in [0.05, 0.1) is 18.8 Å². The Morgan fingerprint density at radius 1 is 1.43 bits per heavy atom. The van der Waals surface area contributed by atoms with E-state index >= 15 is 0 Å². The molecule has 3 fully saturated rings. The van der Waals surface area contributed by atoms with Gasteiger partial charge in [-0.3, -0.25) is 14.7 Å². The summed E-state index contributed by atoms with van der Waals surface area (Å²) in [5.74, 6) is -0.317. The van der Waals surface area contributed by atoms with Crippen LogP contribution < -0.4 is 0 Å². The molecule has 6 heteroatoms. The molecule has 1 amide bonds. The van der Waals surface area contributed by atoms with Crippen LogP contribution in [0.25, 0.3) is 0 Å². The molecule has 1 saturated carbocycles. The van der Waals surface area contributed by atoms with Gasteiger partial charge in [0.1, 0.15) is 0 Å². The Balaban J connectivity index is 1.47. The average molecular weight is 319 g/mol. The largest absolute Gasteiger partial charge is 0.375 e. The molecule has 0 radical (unpaired) electrons. The molecular weight excluding hydrogens is 297 g/mol. The van der Waals surface area contributed by atoms with E-state index in [0.717, 1.165) is 25.1 Å². The average Bonchev–Trinajstić information content (AvgIpc) is 3.34. The Kier molecular flexibility index (Phi) is 3.81. The number of fused-ring (bicyclic) bond motifs is 1. The third kappa shape index (κ3) is 2.97. The van der Waals surface area contributed by atoms with E-state index in [4.69, 9.17) is 4.74 Å². The number of amides is 1. The highest BCUT2D eigenvalue weighted by Gasteiger charge is 2.54. The lowest BCUT2D eigenvalue weighted by molar-refractivity contribution is -0.149. The van der Waals surface area contributed by atoms with Crippen LogP contribution in [-0.2, 0) is 16.1 Å². The van der Waals surface area contributed by atoms with E-state index in [1.807, 2.05) is 12.3 Å². The van der Waals surface area contributed by atoms with E-state index in [0.29, 0.717) is 32.5 Å². The van der Waals surface area contributed by atoms with Crippen LogP contribution in [0.4, 0.5) is 4.39 Å². The second-order valence-electron chi connectivity index (χ2n) is 6.81. The van der Waals surface area contributed by atoms with E-state index in [2.05, 4.69) is 16.0 Å². The van der Waals surface area contributed by atoms with Crippen LogP contribution >= 0.6 is 0 Å². The molecule has 0 bridgehead atoms. The number of carbonyl (C=O) groups excluding carboxylic acids is 1. The van der Waals surface area contributed by atoms with Gasteiger partial charge < -0.3 is 9.64 Å². The van der Waals surface area contributed by atoms with E-state index in [9.17, 15) is 9.18 Å². The number of ether oxygens (including phenoxy) is 1. The normalized spacial score (nSPS) is 29.9. The Morgan fingerprint density at radius 3 is 3.04 bits per heavy atom. The number of alkyl halides is 1. The van der Waals surface area contributed by atoms with Gasteiger partial charge in [-0.05, 0) is 30.9 Å². The lowest BCUT2D eigenvalue weighted by Gasteiger charge is -2.47. The molecule has 1 aromatic heterocycles. The number of likely N-dealkylation sites (tertiary alicyclic amines) is 1. The second kappa shape index (κ2) is 5.83. The van der Waals surface area contributed by atoms with E-state index < -0.39 is 5.67 Å². The van der Waals surface area contributed by atoms with E-state index in [-0.39, 0.29) is 18.1 Å². The van der Waals surface area contributed by atoms with Gasteiger partial charge in [-0.25, -0.2) is 4.39 Å². The minimum Gasteiger partial charge on any atom is -0.375 e. The lowest BCUT2D eigenvalue weighted by atomic mass is 9.97. The number of rotatable bonds is 3. The first-order valence-electron chi connectivity index (χ1n) is 8.39. The van der Waals surface area contributed by atoms with Crippen LogP contribution in [0.2, 0.25) is 0 Å². The van der Waals surface area contributed by atoms with Gasteiger partial charge in [0.2, 0.25) is 0 Å². The van der Waals surface area contributed by atoms with Crippen LogP contribution in [0.3, 0.4) is 0 Å². The molecule has 4 rings (SSSR count). The molecular formula is C17H22FN3O2. The summed E-state index contributed by atoms with van der Waals surface area (Å²) < 4.78 is 20.0. The number of nitrogens with zero attached hydrogens (tertiary/aromatic N) is 3. The van der Waals surface area contributed by atoms with E-state index in [1.54, 1.807) is 11.1 Å². The van der Waals surface area contributed by atoms with Crippen molar-refractivity contribution in [3.8, 4) is 0 Å². The molecule has 0 N–H and O–H groups in total. The standard InChI is InChI=1S/C17H22FN3O2/c18-17(4-5-17)16(22)21-7-3-15-14(12-21)20(8-9-23-15)11-13-2-1-6-19-10-13/h1-2,6,10,14-15H,3-5,7-9,11-12H2/t14-,15-/m0/s1. The number of piperidine rings is 1. The SMILES string of the molecule is O=C(N1CC[C@@H]2OCCN(Cc3cccnc3)[C@H]2C1)C1(F)CC1. The molecule has 2 atom stereocenters. The summed E-state index contributed by atoms with van der Waals surface area (Å²) >= 11 is 0. The summed E-state index contributed by atoms with van der Waals surface area (Å²) in [4.78, 5) is 20.5. The number of hydrogen-bond acceptors (Lipinski definition) is 4. The molecule has 2 saturated heterocycles. The number of hydrogen-bond donors (Lipinski definition) is 0. The second-order valence-corrected chi connectivity index (χ2v) is 6.81. The van der Waals surface area contributed by atoms with Gasteiger partial charge in [0.25, 0.3) is 5.91 Å². The summed E-state index contributed by atoms with van der Waals surface area (Å²) in [7, 11) is 0. The summed E-state index contributed by atoms with van der Waals surface area (Å²) in [5.41, 5.74) is -0.419. The Labute approximate surface area is 135 Å². The summed E-state index contributed by atoms with van der Waals surface area (Å²) in [6.07, 6.45) is 5.33. The van der Waals surface area contributed by atoms with Crippen LogP contribution in [0, 0.1) is 0 Å². The smallest absolute Gasteiger partial charge is 0.260 e. The number of halogens is 1. The van der Waals surface area contributed by atoms with Crippen LogP contribution in [0.15, 0.2) is 24.5 Å². The Morgan fingerprint density at radius 2 is 2.30 bits per heavy atom. The molecule has 3 heterocycles. The van der Waals surface area contributed by atoms with Gasteiger partial charge in [0, 0.05) is 38.6 Å². The first-order chi connectivity index (χ1) is 11.2. The minimum absolute atomic E-state index is 0.138. The zero-order chi connectivity index (χ0) is 15.9. The number of pyridine rings is 1. The van der Waals surface area contributed by atoms with Crippen LogP contribution in [0.1, 0.15) is 24.8 Å². The van der Waals surface area contributed by atoms with Crippen molar-refractivity contribution in [1.82, 2.24) is 14.8 Å². The molecule has 1 aliphatic carbocycles. The molecule has 2 aliphatic heterocycles. The monoisotopic (exact) mass is 319 g/mol. The molecule has 3 aliphatic rings. The van der Waals surface area contributed by atoms with E-state index in [1.165, 1.54) is 0 Å². The third-order valence-corrected chi connectivity index (χ3v) is 5.17. The zero-order valence-electron chi connectivity index (χ0n) is 13.2. The maximum Gasteiger partial charge on any atom is 0.260 e. The molecule has 23 heavy (non-hydrogen) atoms. The molecule has 0 aromatic carbocycles. The fourth-order valence-electron chi connectivity index (χ4n) is 3.66. The van der Waals surface area contributed by atoms with Crippen molar-refractivity contribution in [1.29, 1.82) is 0 Å². The summed E-state index contributed by atoms with van der Waals surface area (Å²) in [6, 6.07) is 4.14. The molecule has 124 valence electrons. The van der Waals surface area contributed by atoms with Crippen molar-refractivity contribution in [3.63, 3.8) is 0 Å². The van der Waals surface area contributed by atoms with Crippen LogP contribution in [-0.4, -0.2) is 64.7 Å². The highest BCUT2D eigenvalue weighted by atomic mass is 19.1. The lowest BCUT2D eigenvalue weighted by Crippen LogP contribution is -2.61. The minimum atomic E-state index is -1.57. The highest BCUT2D eigenvalue weighted by molar-refractivity contribution is 5.88. The first kappa shape index (κ1) is 15.0. The molecule has 1 aromatic rings. The van der Waals surface area contributed by atoms with Crippen LogP contribution in [0.5, 0.6) is 0 Å². The Hall–Kier alpha value is -1.53. The fourth-order valence-corrected chi connectivity index (χ4v) is 3.66. The maximum atomic E-state index is 14.1. The van der Waals surface area contributed by atoms with Gasteiger partial charge in [0.15, 0.2) is 5.67 Å². The molecule has 0 spiro atoms. The van der Waals surface area contributed by atoms with Crippen molar-refractivity contribution in [3.05, 3.63) is 30.1 Å². The molecule has 0 unspecified atom stereocenters. The maximum absolute atomic E-state index is 14.1. The van der Waals surface area contributed by atoms with Gasteiger partial charge in [-0.2, -0.15) is 0 Å². The number of aromatic nitrogens is 1. The van der Waals surface area contributed by atoms with Gasteiger partial charge in [-0.15, -0.1) is 0 Å². The fraction of sp³-hybridized carbons (Fsp3) is 0.647. The number of morpholine rings is 1. The quantitative estimate of drug-likeness (QED) is 0.844. The predicted molar refractivity (Wildman–Crippen MR) is 82.4 cm³/mol. The van der Waals surface area contributed by atoms with Crippen molar-refractivity contribution in [2.45, 2.75) is 43.6 Å². The third-order valence-electron chi connectivity index (χ3n) is 5.17.